The second kappa shape index (κ2) is 7.28. The normalized spacial score (nSPS) is 16.6. The number of rotatable bonds is 3. The number of carbonyl (C=O) groups is 2. The summed E-state index contributed by atoms with van der Waals surface area (Å²) in [6.45, 7) is 0.121. The van der Waals surface area contributed by atoms with E-state index in [1.807, 2.05) is 12.1 Å². The number of carbonyl (C=O) groups excluding carboxylic acids is 2. The molecule has 3 rings (SSSR count). The molecule has 1 aliphatic rings. The average molecular weight is 442 g/mol. The lowest BCUT2D eigenvalue weighted by Gasteiger charge is -2.13. The fraction of sp³-hybridized carbons (Fsp3) is 0.111. The second-order valence-corrected chi connectivity index (χ2v) is 7.33. The van der Waals surface area contributed by atoms with E-state index < -0.39 is 22.9 Å². The van der Waals surface area contributed by atoms with Crippen molar-refractivity contribution >= 4 is 44.9 Å². The molecule has 0 radical (unpaired) electrons. The fourth-order valence-corrected chi connectivity index (χ4v) is 3.60. The summed E-state index contributed by atoms with van der Waals surface area (Å²) in [5.41, 5.74) is 0.437. The summed E-state index contributed by atoms with van der Waals surface area (Å²) in [6.07, 6.45) is -3.00. The Morgan fingerprint density at radius 3 is 2.31 bits per heavy atom. The lowest BCUT2D eigenvalue weighted by atomic mass is 10.1. The third-order valence-corrected chi connectivity index (χ3v) is 5.38. The van der Waals surface area contributed by atoms with Gasteiger partial charge in [-0.1, -0.05) is 46.3 Å². The van der Waals surface area contributed by atoms with Gasteiger partial charge in [-0.3, -0.25) is 14.5 Å². The Hall–Kier alpha value is -2.06. The molecule has 3 nitrogen and oxygen atoms in total. The predicted octanol–water partition coefficient (Wildman–Crippen LogP) is 5.70. The third kappa shape index (κ3) is 4.02. The maximum atomic E-state index is 12.6. The van der Waals surface area contributed by atoms with Crippen LogP contribution in [0.2, 0.25) is 0 Å². The minimum Gasteiger partial charge on any atom is -0.268 e. The molecule has 8 heteroatoms. The van der Waals surface area contributed by atoms with Crippen LogP contribution in [0.1, 0.15) is 16.7 Å². The van der Waals surface area contributed by atoms with Gasteiger partial charge in [-0.15, -0.1) is 0 Å². The lowest BCUT2D eigenvalue weighted by molar-refractivity contribution is -0.137. The van der Waals surface area contributed by atoms with Crippen molar-refractivity contribution in [3.63, 3.8) is 0 Å². The molecule has 1 aliphatic heterocycles. The van der Waals surface area contributed by atoms with E-state index in [0.29, 0.717) is 5.56 Å². The van der Waals surface area contributed by atoms with Crippen molar-refractivity contribution < 1.29 is 22.8 Å². The summed E-state index contributed by atoms with van der Waals surface area (Å²) in [6, 6.07) is 11.7. The molecule has 1 saturated heterocycles. The van der Waals surface area contributed by atoms with E-state index in [4.69, 9.17) is 0 Å². The van der Waals surface area contributed by atoms with E-state index in [1.54, 1.807) is 12.1 Å². The molecule has 0 saturated carbocycles. The average Bonchev–Trinajstić information content (AvgIpc) is 2.84. The zero-order valence-electron chi connectivity index (χ0n) is 13.1. The first-order chi connectivity index (χ1) is 12.3. The number of benzene rings is 2. The molecule has 0 bridgehead atoms. The first-order valence-electron chi connectivity index (χ1n) is 7.42. The lowest BCUT2D eigenvalue weighted by Crippen LogP contribution is -2.27. The Morgan fingerprint density at radius 2 is 1.69 bits per heavy atom. The highest BCUT2D eigenvalue weighted by molar-refractivity contribution is 9.10. The van der Waals surface area contributed by atoms with Gasteiger partial charge in [-0.25, -0.2) is 0 Å². The standard InChI is InChI=1S/C18H11BrF3NO2S/c19-14-4-2-1-3-12(14)10-23-16(24)15(26-17(23)25)9-11-5-7-13(8-6-11)18(20,21)22/h1-9H,10H2/b15-9-. The molecular formula is C18H11BrF3NO2S. The predicted molar refractivity (Wildman–Crippen MR) is 97.1 cm³/mol. The van der Waals surface area contributed by atoms with Gasteiger partial charge >= 0.3 is 6.18 Å². The highest BCUT2D eigenvalue weighted by Gasteiger charge is 2.35. The van der Waals surface area contributed by atoms with E-state index in [-0.39, 0.29) is 11.4 Å². The maximum absolute atomic E-state index is 12.6. The zero-order valence-corrected chi connectivity index (χ0v) is 15.5. The first kappa shape index (κ1) is 18.7. The molecule has 1 heterocycles. The van der Waals surface area contributed by atoms with Gasteiger partial charge in [0.2, 0.25) is 0 Å². The minimum absolute atomic E-state index is 0.121. The number of alkyl halides is 3. The molecule has 2 aromatic rings. The van der Waals surface area contributed by atoms with Crippen LogP contribution >= 0.6 is 27.7 Å². The van der Waals surface area contributed by atoms with Gasteiger partial charge in [-0.2, -0.15) is 13.2 Å². The van der Waals surface area contributed by atoms with Crippen molar-refractivity contribution in [3.8, 4) is 0 Å². The molecule has 0 atom stereocenters. The summed E-state index contributed by atoms with van der Waals surface area (Å²) in [7, 11) is 0. The van der Waals surface area contributed by atoms with Crippen molar-refractivity contribution in [2.75, 3.05) is 0 Å². The number of amides is 2. The number of hydrogen-bond donors (Lipinski definition) is 0. The number of nitrogens with zero attached hydrogens (tertiary/aromatic N) is 1. The Labute approximate surface area is 160 Å². The smallest absolute Gasteiger partial charge is 0.268 e. The molecule has 0 N–H and O–H groups in total. The topological polar surface area (TPSA) is 37.4 Å². The Morgan fingerprint density at radius 1 is 1.04 bits per heavy atom. The molecule has 134 valence electrons. The van der Waals surface area contributed by atoms with Gasteiger partial charge in [0.15, 0.2) is 0 Å². The fourth-order valence-electron chi connectivity index (χ4n) is 2.35. The van der Waals surface area contributed by atoms with E-state index >= 15 is 0 Å². The summed E-state index contributed by atoms with van der Waals surface area (Å²) in [5.74, 6) is -0.462. The van der Waals surface area contributed by atoms with Crippen LogP contribution in [0, 0.1) is 0 Å². The Balaban J connectivity index is 1.80. The molecule has 0 spiro atoms. The van der Waals surface area contributed by atoms with Crippen LogP contribution in [0.4, 0.5) is 18.0 Å². The molecule has 0 unspecified atom stereocenters. The maximum Gasteiger partial charge on any atom is 0.416 e. The molecule has 26 heavy (non-hydrogen) atoms. The van der Waals surface area contributed by atoms with Crippen LogP contribution < -0.4 is 0 Å². The van der Waals surface area contributed by atoms with Gasteiger partial charge in [0.1, 0.15) is 0 Å². The summed E-state index contributed by atoms with van der Waals surface area (Å²) < 4.78 is 38.6. The van der Waals surface area contributed by atoms with Gasteiger partial charge in [-0.05, 0) is 47.2 Å². The minimum atomic E-state index is -4.42. The number of imide groups is 1. The molecule has 0 aromatic heterocycles. The van der Waals surface area contributed by atoms with Gasteiger partial charge < -0.3 is 0 Å². The van der Waals surface area contributed by atoms with Crippen LogP contribution in [-0.2, 0) is 17.5 Å². The van der Waals surface area contributed by atoms with Crippen molar-refractivity contribution in [3.05, 3.63) is 74.6 Å². The zero-order chi connectivity index (χ0) is 18.9. The largest absolute Gasteiger partial charge is 0.416 e. The SMILES string of the molecule is O=C1S/C(=C\c2ccc(C(F)(F)F)cc2)C(=O)N1Cc1ccccc1Br. The quantitative estimate of drug-likeness (QED) is 0.572. The van der Waals surface area contributed by atoms with Crippen molar-refractivity contribution in [2.24, 2.45) is 0 Å². The molecule has 1 fully saturated rings. The van der Waals surface area contributed by atoms with Crippen LogP contribution in [-0.4, -0.2) is 16.0 Å². The van der Waals surface area contributed by atoms with Crippen LogP contribution in [0.3, 0.4) is 0 Å². The van der Waals surface area contributed by atoms with Crippen LogP contribution in [0.25, 0.3) is 6.08 Å². The van der Waals surface area contributed by atoms with Crippen LogP contribution in [0.5, 0.6) is 0 Å². The second-order valence-electron chi connectivity index (χ2n) is 5.48. The van der Waals surface area contributed by atoms with Gasteiger partial charge in [0, 0.05) is 4.47 Å². The third-order valence-electron chi connectivity index (χ3n) is 3.70. The number of thioether (sulfide) groups is 1. The summed E-state index contributed by atoms with van der Waals surface area (Å²) in [4.78, 5) is 25.9. The van der Waals surface area contributed by atoms with Gasteiger partial charge in [0.05, 0.1) is 17.0 Å². The Kier molecular flexibility index (Phi) is 5.24. The molecule has 2 aromatic carbocycles. The molecule has 0 aliphatic carbocycles. The van der Waals surface area contributed by atoms with Crippen LogP contribution in [0.15, 0.2) is 57.9 Å². The number of halogens is 4. The monoisotopic (exact) mass is 441 g/mol. The van der Waals surface area contributed by atoms with E-state index in [1.165, 1.54) is 18.2 Å². The first-order valence-corrected chi connectivity index (χ1v) is 9.02. The van der Waals surface area contributed by atoms with Gasteiger partial charge in [0.25, 0.3) is 11.1 Å². The Bertz CT molecular complexity index is 894. The van der Waals surface area contributed by atoms with Crippen molar-refractivity contribution in [1.82, 2.24) is 4.90 Å². The number of hydrogen-bond acceptors (Lipinski definition) is 3. The van der Waals surface area contributed by atoms with Crippen molar-refractivity contribution in [2.45, 2.75) is 12.7 Å². The highest BCUT2D eigenvalue weighted by Crippen LogP contribution is 2.35. The molecular weight excluding hydrogens is 431 g/mol. The summed E-state index contributed by atoms with van der Waals surface area (Å²) in [5, 5.41) is -0.413. The highest BCUT2D eigenvalue weighted by atomic mass is 79.9. The molecule has 2 amide bonds. The van der Waals surface area contributed by atoms with E-state index in [2.05, 4.69) is 15.9 Å². The van der Waals surface area contributed by atoms with E-state index in [9.17, 15) is 22.8 Å². The summed E-state index contributed by atoms with van der Waals surface area (Å²) >= 11 is 4.14. The van der Waals surface area contributed by atoms with E-state index in [0.717, 1.165) is 38.8 Å². The van der Waals surface area contributed by atoms with Crippen molar-refractivity contribution in [1.29, 1.82) is 0 Å².